The summed E-state index contributed by atoms with van der Waals surface area (Å²) in [6.07, 6.45) is 2.44. The van der Waals surface area contributed by atoms with E-state index in [0.717, 1.165) is 23.2 Å². The van der Waals surface area contributed by atoms with E-state index in [1.807, 2.05) is 27.0 Å². The minimum absolute atomic E-state index is 0.336. The second kappa shape index (κ2) is 6.44. The van der Waals surface area contributed by atoms with Gasteiger partial charge in [-0.3, -0.25) is 0 Å². The monoisotopic (exact) mass is 311 g/mol. The Morgan fingerprint density at radius 1 is 1.29 bits per heavy atom. The van der Waals surface area contributed by atoms with Gasteiger partial charge in [0.15, 0.2) is 0 Å². The highest BCUT2D eigenvalue weighted by atomic mass is 32.2. The summed E-state index contributed by atoms with van der Waals surface area (Å²) in [4.78, 5) is 2.54. The lowest BCUT2D eigenvalue weighted by atomic mass is 10.1. The number of likely N-dealkylation sites (N-methyl/N-ethyl adjacent to an activating group) is 1. The molecular formula is C15H25N3O2S. The highest BCUT2D eigenvalue weighted by molar-refractivity contribution is 7.89. The Bertz CT molecular complexity index is 610. The average molecular weight is 311 g/mol. The van der Waals surface area contributed by atoms with Crippen LogP contribution in [0, 0.1) is 13.8 Å². The summed E-state index contributed by atoms with van der Waals surface area (Å²) >= 11 is 0. The molecule has 0 atom stereocenters. The average Bonchev–Trinajstić information content (AvgIpc) is 3.22. The highest BCUT2D eigenvalue weighted by Gasteiger charge is 2.26. The molecule has 0 spiro atoms. The van der Waals surface area contributed by atoms with Crippen LogP contribution in [0.25, 0.3) is 0 Å². The number of hydrogen-bond donors (Lipinski definition) is 2. The van der Waals surface area contributed by atoms with E-state index in [0.29, 0.717) is 24.0 Å². The Morgan fingerprint density at radius 2 is 1.95 bits per heavy atom. The van der Waals surface area contributed by atoms with E-state index in [4.69, 9.17) is 5.73 Å². The minimum atomic E-state index is -3.47. The van der Waals surface area contributed by atoms with Gasteiger partial charge in [0.05, 0.1) is 4.90 Å². The predicted molar refractivity (Wildman–Crippen MR) is 84.6 cm³/mol. The van der Waals surface area contributed by atoms with Gasteiger partial charge in [-0.15, -0.1) is 0 Å². The molecule has 0 unspecified atom stereocenters. The van der Waals surface area contributed by atoms with Crippen molar-refractivity contribution in [2.45, 2.75) is 44.2 Å². The quantitative estimate of drug-likeness (QED) is 0.792. The van der Waals surface area contributed by atoms with Gasteiger partial charge in [0.2, 0.25) is 10.0 Å². The molecule has 0 aromatic heterocycles. The van der Waals surface area contributed by atoms with Gasteiger partial charge in [0, 0.05) is 25.7 Å². The van der Waals surface area contributed by atoms with Crippen LogP contribution in [0.5, 0.6) is 0 Å². The van der Waals surface area contributed by atoms with Crippen LogP contribution in [-0.2, 0) is 16.6 Å². The van der Waals surface area contributed by atoms with Gasteiger partial charge in [-0.05, 0) is 56.5 Å². The summed E-state index contributed by atoms with van der Waals surface area (Å²) in [6, 6.07) is 4.21. The fourth-order valence-corrected chi connectivity index (χ4v) is 3.81. The molecule has 2 rings (SSSR count). The van der Waals surface area contributed by atoms with E-state index in [1.165, 1.54) is 12.8 Å². The molecule has 0 heterocycles. The minimum Gasteiger partial charge on any atom is -0.326 e. The number of sulfonamides is 1. The van der Waals surface area contributed by atoms with E-state index in [-0.39, 0.29) is 0 Å². The number of hydrogen-bond acceptors (Lipinski definition) is 4. The second-order valence-electron chi connectivity index (χ2n) is 5.86. The molecule has 5 nitrogen and oxygen atoms in total. The third-order valence-corrected chi connectivity index (χ3v) is 5.67. The fraction of sp³-hybridized carbons (Fsp3) is 0.600. The molecule has 1 saturated carbocycles. The Labute approximate surface area is 127 Å². The SMILES string of the molecule is Cc1cc(C)c(S(=O)(=O)NCCN(C)C2CC2)cc1CN. The lowest BCUT2D eigenvalue weighted by molar-refractivity contribution is 0.329. The van der Waals surface area contributed by atoms with Gasteiger partial charge >= 0.3 is 0 Å². The third kappa shape index (κ3) is 4.03. The maximum absolute atomic E-state index is 12.4. The van der Waals surface area contributed by atoms with Gasteiger partial charge in [0.25, 0.3) is 0 Å². The Morgan fingerprint density at radius 3 is 2.52 bits per heavy atom. The van der Waals surface area contributed by atoms with Gasteiger partial charge in [0.1, 0.15) is 0 Å². The topological polar surface area (TPSA) is 75.4 Å². The molecule has 0 aliphatic heterocycles. The highest BCUT2D eigenvalue weighted by Crippen LogP contribution is 2.25. The van der Waals surface area contributed by atoms with Crippen LogP contribution in [0.3, 0.4) is 0 Å². The Balaban J connectivity index is 2.07. The van der Waals surface area contributed by atoms with E-state index < -0.39 is 10.0 Å². The molecular weight excluding hydrogens is 286 g/mol. The molecule has 1 aliphatic rings. The van der Waals surface area contributed by atoms with Crippen molar-refractivity contribution < 1.29 is 8.42 Å². The molecule has 1 fully saturated rings. The van der Waals surface area contributed by atoms with Crippen molar-refractivity contribution in [2.75, 3.05) is 20.1 Å². The first kappa shape index (κ1) is 16.4. The lowest BCUT2D eigenvalue weighted by Gasteiger charge is -2.17. The van der Waals surface area contributed by atoms with Crippen molar-refractivity contribution in [1.82, 2.24) is 9.62 Å². The van der Waals surface area contributed by atoms with Crippen LogP contribution in [0.2, 0.25) is 0 Å². The van der Waals surface area contributed by atoms with Crippen LogP contribution in [0.4, 0.5) is 0 Å². The normalized spacial score (nSPS) is 15.7. The molecule has 0 radical (unpaired) electrons. The zero-order chi connectivity index (χ0) is 15.6. The predicted octanol–water partition coefficient (Wildman–Crippen LogP) is 1.13. The first-order valence-corrected chi connectivity index (χ1v) is 8.83. The van der Waals surface area contributed by atoms with Crippen LogP contribution in [0.1, 0.15) is 29.5 Å². The summed E-state index contributed by atoms with van der Waals surface area (Å²) in [7, 11) is -1.44. The van der Waals surface area contributed by atoms with Crippen molar-refractivity contribution >= 4 is 10.0 Å². The van der Waals surface area contributed by atoms with Crippen LogP contribution >= 0.6 is 0 Å². The molecule has 0 amide bonds. The Hall–Kier alpha value is -0.950. The molecule has 1 aromatic carbocycles. The molecule has 3 N–H and O–H groups in total. The first-order chi connectivity index (χ1) is 9.85. The standard InChI is InChI=1S/C15H25N3O2S/c1-11-8-12(2)15(9-13(11)10-16)21(19,20)17-6-7-18(3)14-4-5-14/h8-9,14,17H,4-7,10,16H2,1-3H3. The van der Waals surface area contributed by atoms with Crippen molar-refractivity contribution in [1.29, 1.82) is 0 Å². The van der Waals surface area contributed by atoms with E-state index in [1.54, 1.807) is 6.07 Å². The van der Waals surface area contributed by atoms with Gasteiger partial charge < -0.3 is 10.6 Å². The number of rotatable bonds is 7. The molecule has 6 heteroatoms. The molecule has 1 aliphatic carbocycles. The van der Waals surface area contributed by atoms with E-state index in [9.17, 15) is 8.42 Å². The molecule has 1 aromatic rings. The smallest absolute Gasteiger partial charge is 0.240 e. The van der Waals surface area contributed by atoms with Crippen LogP contribution < -0.4 is 10.5 Å². The zero-order valence-electron chi connectivity index (χ0n) is 13.0. The lowest BCUT2D eigenvalue weighted by Crippen LogP contribution is -2.34. The maximum atomic E-state index is 12.4. The van der Waals surface area contributed by atoms with Crippen molar-refractivity contribution in [3.63, 3.8) is 0 Å². The van der Waals surface area contributed by atoms with Crippen molar-refractivity contribution in [3.05, 3.63) is 28.8 Å². The molecule has 0 saturated heterocycles. The number of nitrogens with two attached hydrogens (primary N) is 1. The molecule has 0 bridgehead atoms. The number of nitrogens with zero attached hydrogens (tertiary/aromatic N) is 1. The van der Waals surface area contributed by atoms with Crippen LogP contribution in [0.15, 0.2) is 17.0 Å². The van der Waals surface area contributed by atoms with Gasteiger partial charge in [-0.1, -0.05) is 6.07 Å². The van der Waals surface area contributed by atoms with Gasteiger partial charge in [-0.2, -0.15) is 0 Å². The summed E-state index contributed by atoms with van der Waals surface area (Å²) in [6.45, 7) is 5.28. The number of aryl methyl sites for hydroxylation is 2. The Kier molecular flexibility index (Phi) is 5.03. The van der Waals surface area contributed by atoms with E-state index in [2.05, 4.69) is 9.62 Å². The van der Waals surface area contributed by atoms with Crippen LogP contribution in [-0.4, -0.2) is 39.5 Å². The van der Waals surface area contributed by atoms with Crippen molar-refractivity contribution in [2.24, 2.45) is 5.73 Å². The van der Waals surface area contributed by atoms with E-state index >= 15 is 0 Å². The van der Waals surface area contributed by atoms with Gasteiger partial charge in [-0.25, -0.2) is 13.1 Å². The van der Waals surface area contributed by atoms with Crippen molar-refractivity contribution in [3.8, 4) is 0 Å². The fourth-order valence-electron chi connectivity index (χ4n) is 2.52. The third-order valence-electron chi connectivity index (χ3n) is 4.07. The first-order valence-electron chi connectivity index (χ1n) is 7.35. The molecule has 21 heavy (non-hydrogen) atoms. The zero-order valence-corrected chi connectivity index (χ0v) is 13.8. The summed E-state index contributed by atoms with van der Waals surface area (Å²) < 4.78 is 27.5. The summed E-state index contributed by atoms with van der Waals surface area (Å²) in [5, 5.41) is 0. The number of benzene rings is 1. The summed E-state index contributed by atoms with van der Waals surface area (Å²) in [5.74, 6) is 0. The largest absolute Gasteiger partial charge is 0.326 e. The summed E-state index contributed by atoms with van der Waals surface area (Å²) in [5.41, 5.74) is 8.33. The second-order valence-corrected chi connectivity index (χ2v) is 7.59. The maximum Gasteiger partial charge on any atom is 0.240 e. The molecule has 118 valence electrons. The number of nitrogens with one attached hydrogen (secondary N) is 1.